The molecule has 0 saturated carbocycles. The van der Waals surface area contributed by atoms with Crippen LogP contribution in [0.25, 0.3) is 0 Å². The van der Waals surface area contributed by atoms with E-state index in [9.17, 15) is 13.3 Å². The molecule has 0 saturated heterocycles. The first kappa shape index (κ1) is 10.3. The van der Waals surface area contributed by atoms with Crippen LogP contribution in [0.5, 0.6) is 0 Å². The molecule has 0 fully saturated rings. The molecule has 0 amide bonds. The lowest BCUT2D eigenvalue weighted by Gasteiger charge is -2.10. The highest BCUT2D eigenvalue weighted by Crippen LogP contribution is 2.53. The molecule has 2 N–H and O–H groups in total. The monoisotopic (exact) mass is 208 g/mol. The fourth-order valence-electron chi connectivity index (χ4n) is 0.849. The molecule has 0 radical (unpaired) electrons. The van der Waals surface area contributed by atoms with E-state index >= 15 is 0 Å². The van der Waals surface area contributed by atoms with E-state index in [-0.39, 0.29) is 0 Å². The Kier molecular flexibility index (Phi) is 2.81. The fraction of sp³-hybridized carbons (Fsp3) is 0.143. The molecule has 1 atom stereocenters. The van der Waals surface area contributed by atoms with Gasteiger partial charge in [0.15, 0.2) is 0 Å². The average Bonchev–Trinajstić information content (AvgIpc) is 2.02. The van der Waals surface area contributed by atoms with Crippen molar-refractivity contribution in [1.82, 2.24) is 0 Å². The van der Waals surface area contributed by atoms with E-state index in [1.54, 1.807) is 0 Å². The summed E-state index contributed by atoms with van der Waals surface area (Å²) in [4.78, 5) is 16.9. The summed E-state index contributed by atoms with van der Waals surface area (Å²) in [6.07, 6.45) is 0. The van der Waals surface area contributed by atoms with Crippen LogP contribution in [0.3, 0.4) is 0 Å². The molecule has 0 aromatic heterocycles. The lowest BCUT2D eigenvalue weighted by Crippen LogP contribution is -1.96. The Morgan fingerprint density at radius 1 is 1.31 bits per heavy atom. The normalized spacial score (nSPS) is 14.2. The SMILES string of the molecule is O=P(O)(O)C(F)c1ccccc1F. The summed E-state index contributed by atoms with van der Waals surface area (Å²) in [5, 5.41) is 0. The molecule has 1 rings (SSSR count). The Bertz CT molecular complexity index is 349. The Labute approximate surface area is 73.2 Å². The van der Waals surface area contributed by atoms with Crippen molar-refractivity contribution in [2.45, 2.75) is 5.91 Å². The van der Waals surface area contributed by atoms with Gasteiger partial charge < -0.3 is 9.79 Å². The molecule has 1 aromatic carbocycles. The van der Waals surface area contributed by atoms with Crippen molar-refractivity contribution in [3.63, 3.8) is 0 Å². The number of alkyl halides is 1. The first-order chi connectivity index (χ1) is 5.93. The largest absolute Gasteiger partial charge is 0.364 e. The Morgan fingerprint density at radius 2 is 1.85 bits per heavy atom. The van der Waals surface area contributed by atoms with Crippen molar-refractivity contribution in [3.8, 4) is 0 Å². The van der Waals surface area contributed by atoms with Crippen molar-refractivity contribution in [3.05, 3.63) is 35.6 Å². The van der Waals surface area contributed by atoms with Crippen LogP contribution in [-0.2, 0) is 4.57 Å². The molecule has 0 bridgehead atoms. The van der Waals surface area contributed by atoms with E-state index in [2.05, 4.69) is 0 Å². The molecule has 13 heavy (non-hydrogen) atoms. The van der Waals surface area contributed by atoms with Gasteiger partial charge in [-0.3, -0.25) is 4.57 Å². The van der Waals surface area contributed by atoms with E-state index in [1.807, 2.05) is 0 Å². The van der Waals surface area contributed by atoms with E-state index in [4.69, 9.17) is 9.79 Å². The van der Waals surface area contributed by atoms with Gasteiger partial charge in [-0.2, -0.15) is 0 Å². The molecule has 0 heterocycles. The molecule has 0 aliphatic heterocycles. The summed E-state index contributed by atoms with van der Waals surface area (Å²) in [5.41, 5.74) is -0.615. The molecule has 0 aliphatic carbocycles. The van der Waals surface area contributed by atoms with Gasteiger partial charge in [0.25, 0.3) is 0 Å². The van der Waals surface area contributed by atoms with Crippen LogP contribution in [0.2, 0.25) is 0 Å². The van der Waals surface area contributed by atoms with Crippen molar-refractivity contribution in [2.75, 3.05) is 0 Å². The number of hydrogen-bond donors (Lipinski definition) is 2. The highest BCUT2D eigenvalue weighted by Gasteiger charge is 2.32. The zero-order chi connectivity index (χ0) is 10.1. The zero-order valence-corrected chi connectivity index (χ0v) is 7.29. The molecule has 0 aliphatic rings. The van der Waals surface area contributed by atoms with E-state index < -0.39 is 24.9 Å². The van der Waals surface area contributed by atoms with Crippen molar-refractivity contribution in [2.24, 2.45) is 0 Å². The van der Waals surface area contributed by atoms with Gasteiger partial charge in [0.1, 0.15) is 5.82 Å². The third kappa shape index (κ3) is 2.34. The van der Waals surface area contributed by atoms with Crippen LogP contribution in [0.4, 0.5) is 8.78 Å². The first-order valence-electron chi connectivity index (χ1n) is 3.36. The minimum Gasteiger partial charge on any atom is -0.322 e. The minimum absolute atomic E-state index is 0.615. The Balaban J connectivity index is 3.09. The molecule has 6 heteroatoms. The second kappa shape index (κ2) is 3.54. The predicted octanol–water partition coefficient (Wildman–Crippen LogP) is 1.97. The maximum absolute atomic E-state index is 12.9. The van der Waals surface area contributed by atoms with Gasteiger partial charge in [0.2, 0.25) is 5.91 Å². The van der Waals surface area contributed by atoms with Gasteiger partial charge >= 0.3 is 7.60 Å². The molecular weight excluding hydrogens is 201 g/mol. The molecular formula is C7H7F2O3P. The molecule has 1 aromatic rings. The highest BCUT2D eigenvalue weighted by molar-refractivity contribution is 7.51. The first-order valence-corrected chi connectivity index (χ1v) is 5.05. The maximum atomic E-state index is 12.9. The Hall–Kier alpha value is -0.770. The minimum atomic E-state index is -4.91. The van der Waals surface area contributed by atoms with E-state index in [0.717, 1.165) is 12.1 Å². The smallest absolute Gasteiger partial charge is 0.322 e. The van der Waals surface area contributed by atoms with Gasteiger partial charge in [0.05, 0.1) is 0 Å². The van der Waals surface area contributed by atoms with Crippen molar-refractivity contribution < 1.29 is 23.1 Å². The molecule has 72 valence electrons. The van der Waals surface area contributed by atoms with Crippen LogP contribution in [0, 0.1) is 5.82 Å². The fourth-order valence-corrected chi connectivity index (χ4v) is 1.42. The lowest BCUT2D eigenvalue weighted by molar-refractivity contribution is 0.299. The molecule has 0 spiro atoms. The lowest BCUT2D eigenvalue weighted by atomic mass is 10.2. The van der Waals surface area contributed by atoms with Gasteiger partial charge in [-0.1, -0.05) is 18.2 Å². The number of benzene rings is 1. The van der Waals surface area contributed by atoms with Crippen molar-refractivity contribution in [1.29, 1.82) is 0 Å². The summed E-state index contributed by atoms with van der Waals surface area (Å²) in [5.74, 6) is -3.55. The van der Waals surface area contributed by atoms with Gasteiger partial charge in [-0.15, -0.1) is 0 Å². The summed E-state index contributed by atoms with van der Waals surface area (Å²) < 4.78 is 36.1. The van der Waals surface area contributed by atoms with Crippen LogP contribution < -0.4 is 0 Å². The third-order valence-corrected chi connectivity index (χ3v) is 2.33. The van der Waals surface area contributed by atoms with Gasteiger partial charge in [0, 0.05) is 5.56 Å². The molecule has 1 unspecified atom stereocenters. The quantitative estimate of drug-likeness (QED) is 0.730. The zero-order valence-electron chi connectivity index (χ0n) is 6.39. The van der Waals surface area contributed by atoms with Gasteiger partial charge in [-0.25, -0.2) is 8.78 Å². The van der Waals surface area contributed by atoms with Crippen LogP contribution in [0.1, 0.15) is 11.5 Å². The van der Waals surface area contributed by atoms with Gasteiger partial charge in [-0.05, 0) is 6.07 Å². The standard InChI is InChI=1S/C7H7F2O3P/c8-6-4-2-1-3-5(6)7(9)13(10,11)12/h1-4,7H,(H2,10,11,12). The van der Waals surface area contributed by atoms with Crippen molar-refractivity contribution >= 4 is 7.60 Å². The second-order valence-electron chi connectivity index (χ2n) is 2.45. The number of rotatable bonds is 2. The highest BCUT2D eigenvalue weighted by atomic mass is 31.2. The van der Waals surface area contributed by atoms with E-state index in [0.29, 0.717) is 0 Å². The summed E-state index contributed by atoms with van der Waals surface area (Å²) >= 11 is 0. The summed E-state index contributed by atoms with van der Waals surface area (Å²) in [6, 6.07) is 4.56. The maximum Gasteiger partial charge on any atom is 0.364 e. The topological polar surface area (TPSA) is 57.5 Å². The third-order valence-electron chi connectivity index (χ3n) is 1.46. The average molecular weight is 208 g/mol. The second-order valence-corrected chi connectivity index (χ2v) is 4.08. The van der Waals surface area contributed by atoms with E-state index in [1.165, 1.54) is 12.1 Å². The van der Waals surface area contributed by atoms with Crippen LogP contribution in [0.15, 0.2) is 24.3 Å². The Morgan fingerprint density at radius 3 is 2.31 bits per heavy atom. The molecule has 3 nitrogen and oxygen atoms in total. The number of halogens is 2. The summed E-state index contributed by atoms with van der Waals surface area (Å²) in [7, 11) is -4.91. The predicted molar refractivity (Wildman–Crippen MR) is 42.3 cm³/mol. The van der Waals surface area contributed by atoms with Crippen LogP contribution >= 0.6 is 7.60 Å². The van der Waals surface area contributed by atoms with Crippen LogP contribution in [-0.4, -0.2) is 9.79 Å². The summed E-state index contributed by atoms with van der Waals surface area (Å²) in [6.45, 7) is 0. The number of hydrogen-bond acceptors (Lipinski definition) is 1.